The fraction of sp³-hybridized carbons (Fsp3) is 0.368. The molecule has 1 aromatic heterocycles. The number of hydrogen-bond acceptors (Lipinski definition) is 4. The molecule has 0 bridgehead atoms. The van der Waals surface area contributed by atoms with Crippen LogP contribution in [0.5, 0.6) is 5.75 Å². The lowest BCUT2D eigenvalue weighted by molar-refractivity contribution is -0.115. The summed E-state index contributed by atoms with van der Waals surface area (Å²) in [7, 11) is 0. The highest BCUT2D eigenvalue weighted by Gasteiger charge is 2.20. The van der Waals surface area contributed by atoms with Gasteiger partial charge in [0, 0.05) is 12.0 Å². The lowest BCUT2D eigenvalue weighted by Crippen LogP contribution is -2.29. The summed E-state index contributed by atoms with van der Waals surface area (Å²) in [6, 6.07) is 11.8. The van der Waals surface area contributed by atoms with E-state index in [9.17, 15) is 4.79 Å². The molecule has 0 atom stereocenters. The van der Waals surface area contributed by atoms with Crippen molar-refractivity contribution in [3.63, 3.8) is 0 Å². The van der Waals surface area contributed by atoms with E-state index in [0.29, 0.717) is 12.4 Å². The number of rotatable bonds is 6. The number of nitrogens with zero attached hydrogens (tertiary/aromatic N) is 1. The van der Waals surface area contributed by atoms with E-state index in [2.05, 4.69) is 21.7 Å². The first-order valence-electron chi connectivity index (χ1n) is 8.52. The van der Waals surface area contributed by atoms with Crippen LogP contribution in [0, 0.1) is 5.92 Å². The molecule has 124 valence electrons. The number of ether oxygens (including phenoxy) is 1. The number of amides is 1. The van der Waals surface area contributed by atoms with Crippen molar-refractivity contribution in [1.29, 1.82) is 0 Å². The minimum atomic E-state index is -0.0531. The zero-order chi connectivity index (χ0) is 16.4. The number of carbonyl (C=O) groups is 1. The molecule has 0 unspecified atom stereocenters. The Morgan fingerprint density at radius 1 is 1.25 bits per heavy atom. The Hall–Kier alpha value is -2.40. The lowest BCUT2D eigenvalue weighted by atomic mass is 10.1. The van der Waals surface area contributed by atoms with Crippen molar-refractivity contribution >= 4 is 11.7 Å². The molecule has 24 heavy (non-hydrogen) atoms. The standard InChI is InChI=1S/C19H21N3O2/c23-19(12-20-11-13-4-5-13)22-18-3-1-2-16(21-18)14-6-7-17-15(10-14)8-9-24-17/h1-3,6-7,10,13,20H,4-5,8-9,11-12H2,(H,21,22,23). The molecule has 2 N–H and O–H groups in total. The molecule has 1 amide bonds. The quantitative estimate of drug-likeness (QED) is 0.858. The predicted octanol–water partition coefficient (Wildman–Crippen LogP) is 2.62. The molecular formula is C19H21N3O2. The van der Waals surface area contributed by atoms with E-state index in [1.54, 1.807) is 0 Å². The maximum Gasteiger partial charge on any atom is 0.239 e. The summed E-state index contributed by atoms with van der Waals surface area (Å²) >= 11 is 0. The Labute approximate surface area is 141 Å². The Bertz CT molecular complexity index is 756. The van der Waals surface area contributed by atoms with Crippen molar-refractivity contribution in [3.05, 3.63) is 42.0 Å². The number of carbonyl (C=O) groups excluding carboxylic acids is 1. The van der Waals surface area contributed by atoms with E-state index in [4.69, 9.17) is 4.74 Å². The maximum absolute atomic E-state index is 12.0. The molecule has 5 heteroatoms. The number of aromatic nitrogens is 1. The fourth-order valence-corrected chi connectivity index (χ4v) is 2.91. The number of benzene rings is 1. The summed E-state index contributed by atoms with van der Waals surface area (Å²) < 4.78 is 5.54. The van der Waals surface area contributed by atoms with Crippen molar-refractivity contribution in [3.8, 4) is 17.0 Å². The Morgan fingerprint density at radius 3 is 3.04 bits per heavy atom. The van der Waals surface area contributed by atoms with Crippen molar-refractivity contribution in [1.82, 2.24) is 10.3 Å². The second-order valence-corrected chi connectivity index (χ2v) is 6.45. The van der Waals surface area contributed by atoms with Gasteiger partial charge in [-0.3, -0.25) is 4.79 Å². The Kier molecular flexibility index (Phi) is 4.17. The molecule has 0 spiro atoms. The van der Waals surface area contributed by atoms with Gasteiger partial charge in [-0.25, -0.2) is 4.98 Å². The molecule has 2 heterocycles. The van der Waals surface area contributed by atoms with Crippen LogP contribution in [-0.4, -0.2) is 30.6 Å². The molecule has 2 aromatic rings. The van der Waals surface area contributed by atoms with Crippen LogP contribution in [0.4, 0.5) is 5.82 Å². The van der Waals surface area contributed by atoms with E-state index < -0.39 is 0 Å². The summed E-state index contributed by atoms with van der Waals surface area (Å²) in [4.78, 5) is 16.5. The van der Waals surface area contributed by atoms with Crippen molar-refractivity contribution in [2.24, 2.45) is 5.92 Å². The summed E-state index contributed by atoms with van der Waals surface area (Å²) in [5, 5.41) is 6.05. The monoisotopic (exact) mass is 323 g/mol. The van der Waals surface area contributed by atoms with Crippen LogP contribution in [-0.2, 0) is 11.2 Å². The van der Waals surface area contributed by atoms with E-state index in [1.165, 1.54) is 18.4 Å². The maximum atomic E-state index is 12.0. The molecule has 1 aliphatic carbocycles. The van der Waals surface area contributed by atoms with Crippen LogP contribution in [0.1, 0.15) is 18.4 Å². The van der Waals surface area contributed by atoms with Crippen molar-refractivity contribution in [2.75, 3.05) is 25.0 Å². The zero-order valence-corrected chi connectivity index (χ0v) is 13.5. The van der Waals surface area contributed by atoms with Gasteiger partial charge in [-0.15, -0.1) is 0 Å². The number of hydrogen-bond donors (Lipinski definition) is 2. The van der Waals surface area contributed by atoms with Crippen molar-refractivity contribution < 1.29 is 9.53 Å². The lowest BCUT2D eigenvalue weighted by Gasteiger charge is -2.08. The number of pyridine rings is 1. The molecule has 2 aliphatic rings. The third-order valence-electron chi connectivity index (χ3n) is 4.42. The second-order valence-electron chi connectivity index (χ2n) is 6.45. The Balaban J connectivity index is 1.42. The van der Waals surface area contributed by atoms with Crippen LogP contribution in [0.3, 0.4) is 0 Å². The second kappa shape index (κ2) is 6.61. The molecule has 0 saturated heterocycles. The Morgan fingerprint density at radius 2 is 2.17 bits per heavy atom. The van der Waals surface area contributed by atoms with Gasteiger partial charge in [0.25, 0.3) is 0 Å². The smallest absolute Gasteiger partial charge is 0.239 e. The molecule has 1 aromatic carbocycles. The predicted molar refractivity (Wildman–Crippen MR) is 93.1 cm³/mol. The molecule has 5 nitrogen and oxygen atoms in total. The number of fused-ring (bicyclic) bond motifs is 1. The van der Waals surface area contributed by atoms with Gasteiger partial charge < -0.3 is 15.4 Å². The van der Waals surface area contributed by atoms with Gasteiger partial charge in [0.2, 0.25) is 5.91 Å². The highest BCUT2D eigenvalue weighted by molar-refractivity contribution is 5.91. The van der Waals surface area contributed by atoms with Gasteiger partial charge in [0.1, 0.15) is 11.6 Å². The number of nitrogens with one attached hydrogen (secondary N) is 2. The molecule has 0 radical (unpaired) electrons. The topological polar surface area (TPSA) is 63.2 Å². The highest BCUT2D eigenvalue weighted by atomic mass is 16.5. The van der Waals surface area contributed by atoms with Crippen molar-refractivity contribution in [2.45, 2.75) is 19.3 Å². The average molecular weight is 323 g/mol. The van der Waals surface area contributed by atoms with Gasteiger partial charge in [-0.05, 0) is 61.2 Å². The van der Waals surface area contributed by atoms with Gasteiger partial charge in [0.15, 0.2) is 0 Å². The summed E-state index contributed by atoms with van der Waals surface area (Å²) in [5.74, 6) is 2.26. The molecule has 1 saturated carbocycles. The average Bonchev–Trinajstić information content (AvgIpc) is 3.29. The van der Waals surface area contributed by atoms with Crippen LogP contribution in [0.25, 0.3) is 11.3 Å². The summed E-state index contributed by atoms with van der Waals surface area (Å²) in [5.41, 5.74) is 3.11. The molecular weight excluding hydrogens is 302 g/mol. The fourth-order valence-electron chi connectivity index (χ4n) is 2.91. The van der Waals surface area contributed by atoms with Gasteiger partial charge in [-0.2, -0.15) is 0 Å². The van der Waals surface area contributed by atoms with E-state index >= 15 is 0 Å². The minimum absolute atomic E-state index is 0.0531. The third-order valence-corrected chi connectivity index (χ3v) is 4.42. The first kappa shape index (κ1) is 15.1. The first-order valence-corrected chi connectivity index (χ1v) is 8.52. The zero-order valence-electron chi connectivity index (χ0n) is 13.5. The van der Waals surface area contributed by atoms with E-state index in [0.717, 1.165) is 42.5 Å². The van der Waals surface area contributed by atoms with E-state index in [1.807, 2.05) is 30.3 Å². The third kappa shape index (κ3) is 3.57. The van der Waals surface area contributed by atoms with E-state index in [-0.39, 0.29) is 5.91 Å². The molecule has 1 fully saturated rings. The first-order chi connectivity index (χ1) is 11.8. The largest absolute Gasteiger partial charge is 0.493 e. The number of anilines is 1. The molecule has 1 aliphatic heterocycles. The van der Waals surface area contributed by atoms with Crippen LogP contribution in [0.2, 0.25) is 0 Å². The summed E-state index contributed by atoms with van der Waals surface area (Å²) in [6.45, 7) is 2.01. The minimum Gasteiger partial charge on any atom is -0.493 e. The van der Waals surface area contributed by atoms with Gasteiger partial charge in [0.05, 0.1) is 18.8 Å². The SMILES string of the molecule is O=C(CNCC1CC1)Nc1cccc(-c2ccc3c(c2)CCO3)n1. The van der Waals surface area contributed by atoms with Crippen LogP contribution in [0.15, 0.2) is 36.4 Å². The normalized spacial score (nSPS) is 15.7. The molecule has 4 rings (SSSR count). The van der Waals surface area contributed by atoms with Gasteiger partial charge in [-0.1, -0.05) is 6.07 Å². The highest BCUT2D eigenvalue weighted by Crippen LogP contribution is 2.30. The summed E-state index contributed by atoms with van der Waals surface area (Å²) in [6.07, 6.45) is 3.50. The van der Waals surface area contributed by atoms with Crippen LogP contribution < -0.4 is 15.4 Å². The van der Waals surface area contributed by atoms with Gasteiger partial charge >= 0.3 is 0 Å². The van der Waals surface area contributed by atoms with Crippen LogP contribution >= 0.6 is 0 Å².